The fraction of sp³-hybridized carbons (Fsp3) is 0.806. The molecule has 1 rings (SSSR count). The van der Waals surface area contributed by atoms with Crippen LogP contribution in [0.3, 0.4) is 0 Å². The number of rotatable bonds is 25. The zero-order valence-corrected chi connectivity index (χ0v) is 32.6. The molecule has 0 amide bonds. The molecule has 37 heteroatoms. The highest BCUT2D eigenvalue weighted by Crippen LogP contribution is 2.66. The van der Waals surface area contributed by atoms with Gasteiger partial charge < -0.3 is 9.47 Å². The SMILES string of the molecule is FC(F)(F)C(F)(F)C(F)(F)C(F)(F)C(F)(F)C(F)(F)C(F)(F)C(F)(F)CCCOCc1cc(CS)cc(COCCCC(F)(F)C(F)(F)C(F)(F)C(F)(F)C(F)(F)C(F)(F)C(F)(F)C(F)(F)F)c1. The summed E-state index contributed by atoms with van der Waals surface area (Å²) in [5, 5.41) is 0. The summed E-state index contributed by atoms with van der Waals surface area (Å²) >= 11 is 3.81. The van der Waals surface area contributed by atoms with Crippen molar-refractivity contribution in [1.82, 2.24) is 0 Å². The second kappa shape index (κ2) is 18.9. The lowest BCUT2D eigenvalue weighted by molar-refractivity contribution is -0.461. The first kappa shape index (κ1) is 63.1. The smallest absolute Gasteiger partial charge is 0.377 e. The van der Waals surface area contributed by atoms with E-state index >= 15 is 0 Å². The number of hydrogen-bond donors (Lipinski definition) is 1. The molecule has 0 aliphatic heterocycles. The highest BCUT2D eigenvalue weighted by molar-refractivity contribution is 7.79. The molecule has 0 radical (unpaired) electrons. The van der Waals surface area contributed by atoms with Gasteiger partial charge >= 0.3 is 95.3 Å². The lowest BCUT2D eigenvalue weighted by Gasteiger charge is -2.42. The molecule has 0 aliphatic rings. The van der Waals surface area contributed by atoms with Gasteiger partial charge in [0, 0.05) is 31.8 Å². The Labute approximate surface area is 360 Å². The van der Waals surface area contributed by atoms with E-state index < -0.39 is 147 Å². The van der Waals surface area contributed by atoms with Crippen LogP contribution in [0.1, 0.15) is 42.4 Å². The standard InChI is InChI=1S/C31H22F34O2S/c32-16(33,18(36,37)20(40,41)22(44,45)24(48,49)26(52,53)28(56,57)30(60,61)62)3-1-5-66-10-13-7-14(9-15(8-13)12-68)11-67-6-2-4-17(34,35)19(38,39)21(42,43)23(46,47)25(50,51)27(54,55)29(58,59)31(63,64)65/h7-9,68H,1-6,10-12H2. The fourth-order valence-corrected chi connectivity index (χ4v) is 5.16. The van der Waals surface area contributed by atoms with Crippen LogP contribution in [0, 0.1) is 0 Å². The van der Waals surface area contributed by atoms with Crippen LogP contribution in [0.2, 0.25) is 0 Å². The van der Waals surface area contributed by atoms with Crippen LogP contribution in [0.15, 0.2) is 18.2 Å². The predicted molar refractivity (Wildman–Crippen MR) is 158 cm³/mol. The lowest BCUT2D eigenvalue weighted by Crippen LogP contribution is -2.74. The molecule has 0 saturated heterocycles. The van der Waals surface area contributed by atoms with Crippen molar-refractivity contribution in [2.24, 2.45) is 0 Å². The van der Waals surface area contributed by atoms with Crippen molar-refractivity contribution in [3.8, 4) is 0 Å². The quantitative estimate of drug-likeness (QED) is 0.0598. The van der Waals surface area contributed by atoms with E-state index in [4.69, 9.17) is 9.47 Å². The van der Waals surface area contributed by atoms with Crippen molar-refractivity contribution in [2.75, 3.05) is 13.2 Å². The summed E-state index contributed by atoms with van der Waals surface area (Å²) in [4.78, 5) is 0. The van der Waals surface area contributed by atoms with E-state index in [2.05, 4.69) is 12.6 Å². The molecule has 1 aromatic carbocycles. The third-order valence-corrected chi connectivity index (χ3v) is 9.33. The number of thiol groups is 1. The van der Waals surface area contributed by atoms with Crippen molar-refractivity contribution in [3.63, 3.8) is 0 Å². The summed E-state index contributed by atoms with van der Waals surface area (Å²) in [5.41, 5.74) is -0.439. The first-order chi connectivity index (χ1) is 29.6. The van der Waals surface area contributed by atoms with Crippen LogP contribution >= 0.6 is 12.6 Å². The Morgan fingerprint density at radius 3 is 0.721 bits per heavy atom. The highest BCUT2D eigenvalue weighted by atomic mass is 32.1. The van der Waals surface area contributed by atoms with Crippen molar-refractivity contribution in [2.45, 2.75) is 140 Å². The van der Waals surface area contributed by atoms with Crippen molar-refractivity contribution >= 4 is 12.6 Å². The Morgan fingerprint density at radius 2 is 0.500 bits per heavy atom. The van der Waals surface area contributed by atoms with Crippen LogP contribution in [0.25, 0.3) is 0 Å². The van der Waals surface area contributed by atoms with Crippen molar-refractivity contribution < 1.29 is 159 Å². The third-order valence-electron chi connectivity index (χ3n) is 8.97. The number of halogens is 34. The van der Waals surface area contributed by atoms with Crippen LogP contribution in [0.4, 0.5) is 149 Å². The van der Waals surface area contributed by atoms with Gasteiger partial charge in [-0.2, -0.15) is 162 Å². The largest absolute Gasteiger partial charge is 0.460 e. The summed E-state index contributed by atoms with van der Waals surface area (Å²) in [7, 11) is 0. The van der Waals surface area contributed by atoms with Gasteiger partial charge in [0.1, 0.15) is 0 Å². The number of alkyl halides is 34. The molecule has 0 fully saturated rings. The van der Waals surface area contributed by atoms with E-state index in [0.717, 1.165) is 18.2 Å². The average molecular weight is 1100 g/mol. The van der Waals surface area contributed by atoms with Gasteiger partial charge in [0.2, 0.25) is 0 Å². The first-order valence-corrected chi connectivity index (χ1v) is 17.5. The third kappa shape index (κ3) is 10.1. The molecule has 0 unspecified atom stereocenters. The predicted octanol–water partition coefficient (Wildman–Crippen LogP) is 14.7. The zero-order valence-electron chi connectivity index (χ0n) is 31.7. The Bertz CT molecular complexity index is 1720. The van der Waals surface area contributed by atoms with Gasteiger partial charge in [-0.25, -0.2) is 0 Å². The van der Waals surface area contributed by atoms with E-state index in [1.807, 2.05) is 0 Å². The molecule has 0 aromatic heterocycles. The fourth-order valence-electron chi connectivity index (χ4n) is 4.98. The molecule has 0 N–H and O–H groups in total. The second-order valence-electron chi connectivity index (χ2n) is 13.9. The maximum Gasteiger partial charge on any atom is 0.460 e. The maximum absolute atomic E-state index is 14.1. The van der Waals surface area contributed by atoms with Gasteiger partial charge in [0.25, 0.3) is 0 Å². The van der Waals surface area contributed by atoms with E-state index in [0.29, 0.717) is 0 Å². The first-order valence-electron chi connectivity index (χ1n) is 16.9. The van der Waals surface area contributed by atoms with Crippen LogP contribution in [-0.4, -0.2) is 108 Å². The Balaban J connectivity index is 3.07. The van der Waals surface area contributed by atoms with Crippen molar-refractivity contribution in [3.05, 3.63) is 34.9 Å². The van der Waals surface area contributed by atoms with Gasteiger partial charge in [0.05, 0.1) is 13.2 Å². The Hall–Kier alpha value is -2.89. The van der Waals surface area contributed by atoms with Crippen molar-refractivity contribution in [1.29, 1.82) is 0 Å². The Kier molecular flexibility index (Phi) is 17.6. The minimum atomic E-state index is -8.84. The van der Waals surface area contributed by atoms with E-state index in [9.17, 15) is 149 Å². The summed E-state index contributed by atoms with van der Waals surface area (Å²) in [6, 6.07) is 2.96. The molecule has 68 heavy (non-hydrogen) atoms. The topological polar surface area (TPSA) is 18.5 Å². The van der Waals surface area contributed by atoms with Gasteiger partial charge in [-0.3, -0.25) is 0 Å². The second-order valence-corrected chi connectivity index (χ2v) is 14.2. The van der Waals surface area contributed by atoms with E-state index in [-0.39, 0.29) is 22.4 Å². The summed E-state index contributed by atoms with van der Waals surface area (Å²) in [5.74, 6) is -116. The minimum Gasteiger partial charge on any atom is -0.377 e. The zero-order chi connectivity index (χ0) is 54.6. The highest BCUT2D eigenvalue weighted by Gasteiger charge is 2.96. The molecule has 1 aromatic rings. The Morgan fingerprint density at radius 1 is 0.294 bits per heavy atom. The minimum absolute atomic E-state index is 0.0301. The molecule has 0 bridgehead atoms. The van der Waals surface area contributed by atoms with Crippen LogP contribution < -0.4 is 0 Å². The molecule has 0 heterocycles. The van der Waals surface area contributed by atoms with Gasteiger partial charge in [-0.1, -0.05) is 18.2 Å². The molecule has 0 spiro atoms. The van der Waals surface area contributed by atoms with Crippen LogP contribution in [0.5, 0.6) is 0 Å². The summed E-state index contributed by atoms with van der Waals surface area (Å²) < 4.78 is 466. The monoisotopic (exact) mass is 1100 g/mol. The molecule has 2 nitrogen and oxygen atoms in total. The van der Waals surface area contributed by atoms with Gasteiger partial charge in [-0.05, 0) is 29.5 Å². The molecule has 0 saturated carbocycles. The number of hydrogen-bond acceptors (Lipinski definition) is 3. The molecular formula is C31H22F34O2S. The molecule has 0 atom stereocenters. The van der Waals surface area contributed by atoms with E-state index in [1.165, 1.54) is 0 Å². The molecular weight excluding hydrogens is 1080 g/mol. The van der Waals surface area contributed by atoms with Gasteiger partial charge in [0.15, 0.2) is 0 Å². The summed E-state index contributed by atoms with van der Waals surface area (Å²) in [6.07, 6.45) is -25.0. The maximum atomic E-state index is 14.1. The summed E-state index contributed by atoms with van der Waals surface area (Å²) in [6.45, 7) is -4.64. The van der Waals surface area contributed by atoms with E-state index in [1.54, 1.807) is 0 Å². The van der Waals surface area contributed by atoms with Gasteiger partial charge in [-0.15, -0.1) is 0 Å². The lowest BCUT2D eigenvalue weighted by atomic mass is 9.88. The number of benzene rings is 1. The molecule has 0 aliphatic carbocycles. The average Bonchev–Trinajstić information content (AvgIpc) is 3.15. The number of ether oxygens (including phenoxy) is 2. The normalized spacial score (nSPS) is 15.9. The molecule has 402 valence electrons. The van der Waals surface area contributed by atoms with Crippen LogP contribution in [-0.2, 0) is 28.4 Å².